The van der Waals surface area contributed by atoms with Crippen molar-refractivity contribution in [3.05, 3.63) is 41.1 Å². The van der Waals surface area contributed by atoms with Gasteiger partial charge in [-0.2, -0.15) is 18.3 Å². The van der Waals surface area contributed by atoms with E-state index in [-0.39, 0.29) is 6.54 Å². The van der Waals surface area contributed by atoms with Crippen LogP contribution >= 0.6 is 0 Å². The molecular formula is C12H14F3N3O. The van der Waals surface area contributed by atoms with E-state index in [1.165, 1.54) is 10.9 Å². The number of nitrogens with zero attached hydrogens (tertiary/aromatic N) is 2. The number of nitrogens with one attached hydrogen (secondary N) is 1. The van der Waals surface area contributed by atoms with Gasteiger partial charge in [-0.3, -0.25) is 4.68 Å². The van der Waals surface area contributed by atoms with Gasteiger partial charge in [-0.1, -0.05) is 0 Å². The molecule has 104 valence electrons. The molecule has 0 radical (unpaired) electrons. The molecule has 2 heterocycles. The lowest BCUT2D eigenvalue weighted by atomic mass is 10.2. The molecule has 0 spiro atoms. The van der Waals surface area contributed by atoms with Crippen molar-refractivity contribution in [2.24, 2.45) is 0 Å². The lowest BCUT2D eigenvalue weighted by Crippen LogP contribution is -2.08. The largest absolute Gasteiger partial charge is 0.462 e. The first-order chi connectivity index (χ1) is 8.90. The zero-order valence-electron chi connectivity index (χ0n) is 10.6. The van der Waals surface area contributed by atoms with Crippen LogP contribution in [0.1, 0.15) is 22.8 Å². The SMILES string of the molecule is CNCc1oc(Cn2ccc(C(F)(F)F)n2)cc1C. The van der Waals surface area contributed by atoms with Crippen LogP contribution in [0.2, 0.25) is 0 Å². The van der Waals surface area contributed by atoms with Gasteiger partial charge in [0, 0.05) is 6.20 Å². The molecule has 0 bridgehead atoms. The number of aryl methyl sites for hydroxylation is 1. The zero-order chi connectivity index (χ0) is 14.0. The van der Waals surface area contributed by atoms with Crippen molar-refractivity contribution in [1.82, 2.24) is 15.1 Å². The molecule has 0 saturated heterocycles. The van der Waals surface area contributed by atoms with Crippen LogP contribution in [0.5, 0.6) is 0 Å². The molecule has 0 unspecified atom stereocenters. The molecule has 2 aromatic rings. The third-order valence-corrected chi connectivity index (χ3v) is 2.66. The number of furan rings is 1. The normalized spacial score (nSPS) is 12.1. The number of hydrogen-bond acceptors (Lipinski definition) is 3. The van der Waals surface area contributed by atoms with E-state index in [1.54, 1.807) is 7.05 Å². The highest BCUT2D eigenvalue weighted by atomic mass is 19.4. The molecule has 0 aliphatic rings. The highest BCUT2D eigenvalue weighted by Gasteiger charge is 2.33. The lowest BCUT2D eigenvalue weighted by molar-refractivity contribution is -0.141. The van der Waals surface area contributed by atoms with Crippen LogP contribution in [0.3, 0.4) is 0 Å². The molecule has 0 atom stereocenters. The number of alkyl halides is 3. The second-order valence-corrected chi connectivity index (χ2v) is 4.25. The second-order valence-electron chi connectivity index (χ2n) is 4.25. The van der Waals surface area contributed by atoms with Gasteiger partial charge in [-0.15, -0.1) is 0 Å². The maximum atomic E-state index is 12.4. The molecule has 0 aromatic carbocycles. The Kier molecular flexibility index (Phi) is 3.66. The van der Waals surface area contributed by atoms with Crippen molar-refractivity contribution in [2.75, 3.05) is 7.05 Å². The zero-order valence-corrected chi connectivity index (χ0v) is 10.6. The van der Waals surface area contributed by atoms with Gasteiger partial charge in [0.15, 0.2) is 5.69 Å². The van der Waals surface area contributed by atoms with Crippen LogP contribution < -0.4 is 5.32 Å². The smallest absolute Gasteiger partial charge is 0.435 e. The number of hydrogen-bond donors (Lipinski definition) is 1. The molecule has 4 nitrogen and oxygen atoms in total. The van der Waals surface area contributed by atoms with E-state index in [4.69, 9.17) is 4.42 Å². The van der Waals surface area contributed by atoms with E-state index < -0.39 is 11.9 Å². The summed E-state index contributed by atoms with van der Waals surface area (Å²) in [7, 11) is 1.80. The molecule has 0 fully saturated rings. The Morgan fingerprint density at radius 1 is 1.42 bits per heavy atom. The first kappa shape index (κ1) is 13.7. The average molecular weight is 273 g/mol. The Morgan fingerprint density at radius 2 is 2.16 bits per heavy atom. The first-order valence-corrected chi connectivity index (χ1v) is 5.73. The van der Waals surface area contributed by atoms with E-state index >= 15 is 0 Å². The summed E-state index contributed by atoms with van der Waals surface area (Å²) in [5, 5.41) is 6.44. The van der Waals surface area contributed by atoms with Crippen LogP contribution in [0.4, 0.5) is 13.2 Å². The fraction of sp³-hybridized carbons (Fsp3) is 0.417. The van der Waals surface area contributed by atoms with Crippen LogP contribution in [-0.4, -0.2) is 16.8 Å². The summed E-state index contributed by atoms with van der Waals surface area (Å²) in [5.41, 5.74) is 0.0683. The maximum absolute atomic E-state index is 12.4. The molecular weight excluding hydrogens is 259 g/mol. The molecule has 2 aromatic heterocycles. The Morgan fingerprint density at radius 3 is 2.74 bits per heavy atom. The molecule has 0 saturated carbocycles. The fourth-order valence-corrected chi connectivity index (χ4v) is 1.76. The van der Waals surface area contributed by atoms with Gasteiger partial charge in [-0.25, -0.2) is 0 Å². The lowest BCUT2D eigenvalue weighted by Gasteiger charge is -2.01. The standard InChI is InChI=1S/C12H14F3N3O/c1-8-5-9(19-10(8)6-16-2)7-18-4-3-11(17-18)12(13,14)15/h3-5,16H,6-7H2,1-2H3. The highest BCUT2D eigenvalue weighted by molar-refractivity contribution is 5.20. The third-order valence-electron chi connectivity index (χ3n) is 2.66. The van der Waals surface area contributed by atoms with Gasteiger partial charge >= 0.3 is 6.18 Å². The summed E-state index contributed by atoms with van der Waals surface area (Å²) in [6, 6.07) is 2.76. The summed E-state index contributed by atoms with van der Waals surface area (Å²) in [4.78, 5) is 0. The number of rotatable bonds is 4. The maximum Gasteiger partial charge on any atom is 0.435 e. The Bertz CT molecular complexity index is 557. The van der Waals surface area contributed by atoms with Crippen molar-refractivity contribution < 1.29 is 17.6 Å². The second kappa shape index (κ2) is 5.08. The van der Waals surface area contributed by atoms with E-state index in [0.29, 0.717) is 12.3 Å². The molecule has 19 heavy (non-hydrogen) atoms. The molecule has 2 rings (SSSR count). The minimum absolute atomic E-state index is 0.181. The van der Waals surface area contributed by atoms with Gasteiger partial charge in [-0.05, 0) is 31.7 Å². The molecule has 0 aliphatic carbocycles. The molecule has 0 amide bonds. The number of halogens is 3. The van der Waals surface area contributed by atoms with Crippen molar-refractivity contribution >= 4 is 0 Å². The summed E-state index contributed by atoms with van der Waals surface area (Å²) in [6.45, 7) is 2.66. The van der Waals surface area contributed by atoms with Crippen molar-refractivity contribution in [3.8, 4) is 0 Å². The van der Waals surface area contributed by atoms with Gasteiger partial charge in [0.2, 0.25) is 0 Å². The van der Waals surface area contributed by atoms with Crippen LogP contribution in [-0.2, 0) is 19.3 Å². The van der Waals surface area contributed by atoms with Crippen LogP contribution in [0.25, 0.3) is 0 Å². The summed E-state index contributed by atoms with van der Waals surface area (Å²) < 4.78 is 44.0. The van der Waals surface area contributed by atoms with Gasteiger partial charge in [0.05, 0.1) is 13.1 Å². The van der Waals surface area contributed by atoms with Crippen molar-refractivity contribution in [2.45, 2.75) is 26.2 Å². The monoisotopic (exact) mass is 273 g/mol. The van der Waals surface area contributed by atoms with Crippen molar-refractivity contribution in [1.29, 1.82) is 0 Å². The number of aromatic nitrogens is 2. The van der Waals surface area contributed by atoms with E-state index in [1.807, 2.05) is 13.0 Å². The fourth-order valence-electron chi connectivity index (χ4n) is 1.76. The molecule has 7 heteroatoms. The first-order valence-electron chi connectivity index (χ1n) is 5.73. The van der Waals surface area contributed by atoms with Gasteiger partial charge in [0.25, 0.3) is 0 Å². The Balaban J connectivity index is 2.13. The van der Waals surface area contributed by atoms with Crippen LogP contribution in [0.15, 0.2) is 22.7 Å². The topological polar surface area (TPSA) is 43.0 Å². The van der Waals surface area contributed by atoms with Crippen LogP contribution in [0, 0.1) is 6.92 Å². The van der Waals surface area contributed by atoms with E-state index in [9.17, 15) is 13.2 Å². The van der Waals surface area contributed by atoms with Gasteiger partial charge < -0.3 is 9.73 Å². The Hall–Kier alpha value is -1.76. The summed E-state index contributed by atoms with van der Waals surface area (Å²) >= 11 is 0. The molecule has 0 aliphatic heterocycles. The Labute approximate surface area is 108 Å². The third kappa shape index (κ3) is 3.17. The quantitative estimate of drug-likeness (QED) is 0.931. The summed E-state index contributed by atoms with van der Waals surface area (Å²) in [5.74, 6) is 1.36. The highest BCUT2D eigenvalue weighted by Crippen LogP contribution is 2.27. The van der Waals surface area contributed by atoms with E-state index in [2.05, 4.69) is 10.4 Å². The minimum atomic E-state index is -4.42. The summed E-state index contributed by atoms with van der Waals surface area (Å²) in [6.07, 6.45) is -3.12. The van der Waals surface area contributed by atoms with Crippen molar-refractivity contribution in [3.63, 3.8) is 0 Å². The van der Waals surface area contributed by atoms with Gasteiger partial charge in [0.1, 0.15) is 11.5 Å². The minimum Gasteiger partial charge on any atom is -0.462 e. The predicted molar refractivity (Wildman–Crippen MR) is 62.5 cm³/mol. The average Bonchev–Trinajstić information content (AvgIpc) is 2.87. The predicted octanol–water partition coefficient (Wildman–Crippen LogP) is 2.57. The molecule has 1 N–H and O–H groups in total. The van der Waals surface area contributed by atoms with E-state index in [0.717, 1.165) is 17.4 Å².